The lowest BCUT2D eigenvalue weighted by atomic mass is 9.49. The molecule has 0 aliphatic rings. The number of rotatable bonds is 4. The lowest BCUT2D eigenvalue weighted by Gasteiger charge is -2.24. The lowest BCUT2D eigenvalue weighted by Crippen LogP contribution is -2.27. The predicted octanol–water partition coefficient (Wildman–Crippen LogP) is 4.13. The first-order chi connectivity index (χ1) is 8.59. The summed E-state index contributed by atoms with van der Waals surface area (Å²) in [7, 11) is 2.41. The highest BCUT2D eigenvalue weighted by atomic mass is 14.1. The van der Waals surface area contributed by atoms with Gasteiger partial charge in [0.15, 0.2) is 0 Å². The van der Waals surface area contributed by atoms with Crippen LogP contribution in [0.25, 0.3) is 0 Å². The molecule has 0 aliphatic carbocycles. The van der Waals surface area contributed by atoms with Crippen molar-refractivity contribution < 1.29 is 0 Å². The predicted molar refractivity (Wildman–Crippen MR) is 80.1 cm³/mol. The van der Waals surface area contributed by atoms with Gasteiger partial charge >= 0.3 is 0 Å². The monoisotopic (exact) mass is 235 g/mol. The van der Waals surface area contributed by atoms with E-state index in [9.17, 15) is 0 Å². The van der Waals surface area contributed by atoms with Crippen molar-refractivity contribution in [1.29, 1.82) is 0 Å². The Balaban J connectivity index is 2.08. The number of benzene rings is 2. The largest absolute Gasteiger partial charge is 0.128 e. The zero-order chi connectivity index (χ0) is 13.0. The van der Waals surface area contributed by atoms with E-state index in [1.54, 1.807) is 0 Å². The Bertz CT molecular complexity index is 500. The van der Waals surface area contributed by atoms with Crippen molar-refractivity contribution in [3.8, 4) is 0 Å². The van der Waals surface area contributed by atoms with Crippen molar-refractivity contribution in [1.82, 2.24) is 0 Å². The third-order valence-corrected chi connectivity index (χ3v) is 3.61. The zero-order valence-electron chi connectivity index (χ0n) is 11.5. The second-order valence-electron chi connectivity index (χ2n) is 5.42. The molecule has 2 rings (SSSR count). The van der Waals surface area contributed by atoms with Crippen LogP contribution < -0.4 is 0 Å². The van der Waals surface area contributed by atoms with E-state index >= 15 is 0 Å². The summed E-state index contributed by atoms with van der Waals surface area (Å²) in [5, 5.41) is 0.115. The maximum atomic E-state index is 2.41. The van der Waals surface area contributed by atoms with Crippen LogP contribution in [0.15, 0.2) is 54.6 Å². The second kappa shape index (κ2) is 5.43. The van der Waals surface area contributed by atoms with Crippen LogP contribution in [0.4, 0.5) is 0 Å². The molecule has 0 bridgehead atoms. The lowest BCUT2D eigenvalue weighted by molar-refractivity contribution is 0.745. The Hall–Kier alpha value is -1.50. The minimum atomic E-state index is 0.115. The molecule has 2 aromatic rings. The van der Waals surface area contributed by atoms with Gasteiger partial charge in [0.05, 0.1) is 0 Å². The maximum absolute atomic E-state index is 2.41. The molecule has 0 fully saturated rings. The quantitative estimate of drug-likeness (QED) is 0.699. The number of hydrogen-bond acceptors (Lipinski definition) is 0. The fraction of sp³-hybridized carbons (Fsp3) is 0.294. The highest BCUT2D eigenvalue weighted by Gasteiger charge is 2.21. The van der Waals surface area contributed by atoms with Crippen LogP contribution in [0.1, 0.15) is 30.5 Å². The molecule has 0 N–H and O–H groups in total. The van der Waals surface area contributed by atoms with Crippen LogP contribution in [0.2, 0.25) is 0 Å². The van der Waals surface area contributed by atoms with Gasteiger partial charge in [-0.15, -0.1) is 0 Å². The molecule has 0 aliphatic heterocycles. The number of hydrogen-bond donors (Lipinski definition) is 0. The van der Waals surface area contributed by atoms with E-state index in [2.05, 4.69) is 82.6 Å². The van der Waals surface area contributed by atoms with Gasteiger partial charge in [0, 0.05) is 0 Å². The maximum Gasteiger partial charge on any atom is 0.128 e. The summed E-state index contributed by atoms with van der Waals surface area (Å²) in [6, 6.07) is 19.3. The van der Waals surface area contributed by atoms with Crippen LogP contribution in [0, 0.1) is 6.92 Å². The Morgan fingerprint density at radius 3 is 2.17 bits per heavy atom. The number of aryl methyl sites for hydroxylation is 1. The van der Waals surface area contributed by atoms with E-state index in [0.717, 1.165) is 6.32 Å². The first kappa shape index (κ1) is 12.9. The van der Waals surface area contributed by atoms with Crippen molar-refractivity contribution in [3.63, 3.8) is 0 Å². The fourth-order valence-electron chi connectivity index (χ4n) is 2.19. The second-order valence-corrected chi connectivity index (χ2v) is 5.42. The standard InChI is InChI=1S/C17H20B/c1-14-9-7-8-10-15(14)13-18-17(2,3)16-11-5-4-6-12-16/h4-12H,13H2,1-3H3. The van der Waals surface area contributed by atoms with Crippen molar-refractivity contribution >= 4 is 7.28 Å². The van der Waals surface area contributed by atoms with Gasteiger partial charge in [0.1, 0.15) is 7.28 Å². The average molecular weight is 235 g/mol. The molecule has 18 heavy (non-hydrogen) atoms. The summed E-state index contributed by atoms with van der Waals surface area (Å²) in [5.41, 5.74) is 4.16. The van der Waals surface area contributed by atoms with Gasteiger partial charge in [-0.05, 0) is 17.8 Å². The summed E-state index contributed by atoms with van der Waals surface area (Å²) in [5.74, 6) is 0. The Morgan fingerprint density at radius 2 is 1.50 bits per heavy atom. The third kappa shape index (κ3) is 3.04. The van der Waals surface area contributed by atoms with E-state index < -0.39 is 0 Å². The van der Waals surface area contributed by atoms with Gasteiger partial charge in [0.2, 0.25) is 0 Å². The highest BCUT2D eigenvalue weighted by Crippen LogP contribution is 2.23. The Kier molecular flexibility index (Phi) is 3.91. The van der Waals surface area contributed by atoms with Gasteiger partial charge in [-0.2, -0.15) is 0 Å². The van der Waals surface area contributed by atoms with E-state index in [1.165, 1.54) is 16.7 Å². The van der Waals surface area contributed by atoms with Crippen LogP contribution >= 0.6 is 0 Å². The van der Waals surface area contributed by atoms with E-state index in [4.69, 9.17) is 0 Å². The molecule has 0 aromatic heterocycles. The smallest absolute Gasteiger partial charge is 0.0632 e. The summed E-state index contributed by atoms with van der Waals surface area (Å²) >= 11 is 0. The summed E-state index contributed by atoms with van der Waals surface area (Å²) in [6.45, 7) is 6.74. The van der Waals surface area contributed by atoms with Crippen LogP contribution in [0.5, 0.6) is 0 Å². The molecule has 0 atom stereocenters. The van der Waals surface area contributed by atoms with E-state index in [1.807, 2.05) is 0 Å². The SMILES string of the molecule is Cc1ccccc1C[B]C(C)(C)c1ccccc1. The van der Waals surface area contributed by atoms with Gasteiger partial charge in [-0.1, -0.05) is 85.9 Å². The van der Waals surface area contributed by atoms with Crippen molar-refractivity contribution in [2.75, 3.05) is 0 Å². The molecule has 2 aromatic carbocycles. The summed E-state index contributed by atoms with van der Waals surface area (Å²) < 4.78 is 0. The molecule has 91 valence electrons. The molecule has 0 unspecified atom stereocenters. The molecular formula is C17H20B. The molecule has 0 spiro atoms. The van der Waals surface area contributed by atoms with Crippen molar-refractivity contribution in [3.05, 3.63) is 71.3 Å². The van der Waals surface area contributed by atoms with E-state index in [0.29, 0.717) is 0 Å². The van der Waals surface area contributed by atoms with Crippen LogP contribution in [-0.4, -0.2) is 7.28 Å². The zero-order valence-corrected chi connectivity index (χ0v) is 11.5. The van der Waals surface area contributed by atoms with Crippen LogP contribution in [-0.2, 0) is 11.6 Å². The summed E-state index contributed by atoms with van der Waals surface area (Å²) in [6.07, 6.45) is 1.02. The first-order valence-electron chi connectivity index (χ1n) is 6.54. The molecule has 1 radical (unpaired) electrons. The fourth-order valence-corrected chi connectivity index (χ4v) is 2.19. The molecule has 1 heteroatoms. The van der Waals surface area contributed by atoms with Crippen molar-refractivity contribution in [2.24, 2.45) is 0 Å². The minimum Gasteiger partial charge on any atom is -0.0632 e. The highest BCUT2D eigenvalue weighted by molar-refractivity contribution is 6.39. The van der Waals surface area contributed by atoms with Gasteiger partial charge in [-0.25, -0.2) is 0 Å². The first-order valence-corrected chi connectivity index (χ1v) is 6.54. The molecule has 0 nitrogen and oxygen atoms in total. The summed E-state index contributed by atoms with van der Waals surface area (Å²) in [4.78, 5) is 0. The average Bonchev–Trinajstić information content (AvgIpc) is 2.39. The topological polar surface area (TPSA) is 0 Å². The molecular weight excluding hydrogens is 215 g/mol. The van der Waals surface area contributed by atoms with Crippen molar-refractivity contribution in [2.45, 2.75) is 32.4 Å². The van der Waals surface area contributed by atoms with Gasteiger partial charge in [0.25, 0.3) is 0 Å². The molecule has 0 saturated carbocycles. The molecule has 0 amide bonds. The molecule has 0 heterocycles. The van der Waals surface area contributed by atoms with Gasteiger partial charge in [-0.3, -0.25) is 0 Å². The van der Waals surface area contributed by atoms with Gasteiger partial charge < -0.3 is 0 Å². The van der Waals surface area contributed by atoms with E-state index in [-0.39, 0.29) is 5.31 Å². The Labute approximate surface area is 111 Å². The minimum absolute atomic E-state index is 0.115. The normalized spacial score (nSPS) is 11.3. The van der Waals surface area contributed by atoms with Crippen LogP contribution in [0.3, 0.4) is 0 Å². The Morgan fingerprint density at radius 1 is 0.889 bits per heavy atom. The molecule has 0 saturated heterocycles. The third-order valence-electron chi connectivity index (χ3n) is 3.61.